The number of methoxy groups -OCH3 is 1. The van der Waals surface area contributed by atoms with Gasteiger partial charge in [0, 0.05) is 32.1 Å². The number of likely N-dealkylation sites (tertiary alicyclic amines) is 1. The molecule has 1 aromatic carbocycles. The van der Waals surface area contributed by atoms with Crippen molar-refractivity contribution in [3.05, 3.63) is 66.3 Å². The highest BCUT2D eigenvalue weighted by Crippen LogP contribution is 2.31. The van der Waals surface area contributed by atoms with E-state index in [0.717, 1.165) is 23.8 Å². The summed E-state index contributed by atoms with van der Waals surface area (Å²) in [7, 11) is 1.16. The summed E-state index contributed by atoms with van der Waals surface area (Å²) < 4.78 is 27.4. The van der Waals surface area contributed by atoms with Crippen molar-refractivity contribution >= 4 is 35.5 Å². The number of benzene rings is 1. The summed E-state index contributed by atoms with van der Waals surface area (Å²) in [5.41, 5.74) is 2.22. The molecule has 0 saturated carbocycles. The first-order valence-corrected chi connectivity index (χ1v) is 16.0. The maximum Gasteiger partial charge on any atom is 0.410 e. The molecule has 12 heteroatoms. The minimum Gasteiger partial charge on any atom is -0.467 e. The monoisotopic (exact) mass is 668 g/mol. The van der Waals surface area contributed by atoms with Crippen molar-refractivity contribution < 1.29 is 47.7 Å². The van der Waals surface area contributed by atoms with Gasteiger partial charge >= 0.3 is 24.0 Å². The molecule has 0 aromatic heterocycles. The number of amides is 2. The van der Waals surface area contributed by atoms with Crippen LogP contribution in [-0.2, 0) is 42.9 Å². The summed E-state index contributed by atoms with van der Waals surface area (Å²) in [5, 5.41) is 2.69. The molecule has 1 N–H and O–H groups in total. The van der Waals surface area contributed by atoms with E-state index >= 15 is 0 Å². The molecule has 1 heterocycles. The minimum absolute atomic E-state index is 0.0468. The Balaban J connectivity index is 1.84. The smallest absolute Gasteiger partial charge is 0.410 e. The molecule has 1 saturated heterocycles. The highest BCUT2D eigenvalue weighted by atomic mass is 16.6. The molecule has 1 aliphatic carbocycles. The van der Waals surface area contributed by atoms with E-state index in [1.807, 2.05) is 69.3 Å². The molecule has 1 fully saturated rings. The van der Waals surface area contributed by atoms with Gasteiger partial charge in [0.05, 0.1) is 25.4 Å². The average Bonchev–Trinajstić information content (AvgIpc) is 3.46. The Morgan fingerprint density at radius 1 is 1.04 bits per heavy atom. The molecule has 2 amide bonds. The fourth-order valence-corrected chi connectivity index (χ4v) is 5.80. The first kappa shape index (κ1) is 38.0. The van der Waals surface area contributed by atoms with Gasteiger partial charge in [-0.2, -0.15) is 0 Å². The number of fused-ring (bicyclic) bond motifs is 1. The van der Waals surface area contributed by atoms with Crippen molar-refractivity contribution in [3.8, 4) is 0 Å². The van der Waals surface area contributed by atoms with Gasteiger partial charge < -0.3 is 29.0 Å². The molecule has 2 aliphatic rings. The number of allylic oxidation sites excluding steroid dienone is 5. The SMILES string of the molecule is C=C1/C=C\C=C/CC(COC(=O)N2C[C@H](OC(C)(C)C)C[C@H]2C(=O)N[C@H](C(=O)OC)[C@H](C)[C@@H](COC(C)=O)OC(C)=O)c2ccccc21. The Morgan fingerprint density at radius 3 is 2.40 bits per heavy atom. The van der Waals surface area contributed by atoms with Crippen molar-refractivity contribution in [1.29, 1.82) is 0 Å². The standard InChI is InChI=1S/C36H48N2O10/c1-22-14-10-9-11-15-26(29-17-13-12-16-28(22)29)20-46-35(43)38-19-27(48-36(5,6)7)18-30(38)33(41)37-32(34(42)44-8)23(2)31(47-25(4)40)21-45-24(3)39/h9-14,16-17,23,26-27,30-32H,1,15,18-21H2,2-8H3,(H,37,41)/b11-9-,14-10-/t23-,26?,27-,30+,31-,32+/m1/s1. The lowest BCUT2D eigenvalue weighted by Gasteiger charge is -2.31. The lowest BCUT2D eigenvalue weighted by Crippen LogP contribution is -2.55. The minimum atomic E-state index is -1.31. The van der Waals surface area contributed by atoms with E-state index in [1.54, 1.807) is 6.92 Å². The summed E-state index contributed by atoms with van der Waals surface area (Å²) in [6, 6.07) is 5.47. The van der Waals surface area contributed by atoms with Gasteiger partial charge in [0.2, 0.25) is 5.91 Å². The Morgan fingerprint density at radius 2 is 1.75 bits per heavy atom. The van der Waals surface area contributed by atoms with Crippen molar-refractivity contribution in [2.45, 2.75) is 90.2 Å². The van der Waals surface area contributed by atoms with Gasteiger partial charge in [0.1, 0.15) is 31.4 Å². The maximum atomic E-state index is 13.9. The topological polar surface area (TPSA) is 147 Å². The number of rotatable bonds is 11. The second kappa shape index (κ2) is 17.1. The molecule has 0 radical (unpaired) electrons. The highest BCUT2D eigenvalue weighted by molar-refractivity contribution is 5.90. The summed E-state index contributed by atoms with van der Waals surface area (Å²) >= 11 is 0. The number of esters is 3. The maximum absolute atomic E-state index is 13.9. The molecule has 3 rings (SSSR count). The third kappa shape index (κ3) is 10.8. The molecule has 0 spiro atoms. The molecule has 262 valence electrons. The second-order valence-corrected chi connectivity index (χ2v) is 13.0. The van der Waals surface area contributed by atoms with Crippen LogP contribution in [0, 0.1) is 5.92 Å². The number of nitrogens with zero attached hydrogens (tertiary/aromatic N) is 1. The Labute approximate surface area is 282 Å². The van der Waals surface area contributed by atoms with Gasteiger partial charge in [0.25, 0.3) is 0 Å². The largest absolute Gasteiger partial charge is 0.467 e. The van der Waals surface area contributed by atoms with Crippen LogP contribution < -0.4 is 5.32 Å². The fraction of sp³-hybridized carbons (Fsp3) is 0.528. The number of hydrogen-bond acceptors (Lipinski definition) is 10. The van der Waals surface area contributed by atoms with Crippen LogP contribution in [0.5, 0.6) is 0 Å². The van der Waals surface area contributed by atoms with Crippen LogP contribution in [0.25, 0.3) is 5.57 Å². The van der Waals surface area contributed by atoms with Crippen LogP contribution in [0.15, 0.2) is 55.1 Å². The first-order chi connectivity index (χ1) is 22.6. The third-order valence-electron chi connectivity index (χ3n) is 8.07. The summed E-state index contributed by atoms with van der Waals surface area (Å²) in [6.07, 6.45) is 6.25. The van der Waals surface area contributed by atoms with Crippen molar-refractivity contribution in [1.82, 2.24) is 10.2 Å². The van der Waals surface area contributed by atoms with Gasteiger partial charge in [-0.3, -0.25) is 19.3 Å². The summed E-state index contributed by atoms with van der Waals surface area (Å²) in [6.45, 7) is 13.5. The van der Waals surface area contributed by atoms with E-state index in [1.165, 1.54) is 18.7 Å². The second-order valence-electron chi connectivity index (χ2n) is 13.0. The zero-order valence-electron chi connectivity index (χ0n) is 28.9. The van der Waals surface area contributed by atoms with E-state index in [0.29, 0.717) is 6.42 Å². The lowest BCUT2D eigenvalue weighted by molar-refractivity contribution is -0.163. The van der Waals surface area contributed by atoms with Crippen molar-refractivity contribution in [2.75, 3.05) is 26.9 Å². The van der Waals surface area contributed by atoms with Gasteiger partial charge in [0.15, 0.2) is 0 Å². The number of carbonyl (C=O) groups is 5. The molecule has 0 bridgehead atoms. The summed E-state index contributed by atoms with van der Waals surface area (Å²) in [5.74, 6) is -3.79. The first-order valence-electron chi connectivity index (χ1n) is 16.0. The van der Waals surface area contributed by atoms with Gasteiger partial charge in [-0.05, 0) is 43.9 Å². The predicted molar refractivity (Wildman–Crippen MR) is 177 cm³/mol. The van der Waals surface area contributed by atoms with Crippen molar-refractivity contribution in [2.24, 2.45) is 5.92 Å². The van der Waals surface area contributed by atoms with E-state index in [9.17, 15) is 24.0 Å². The zero-order chi connectivity index (χ0) is 35.6. The lowest BCUT2D eigenvalue weighted by atomic mass is 9.89. The summed E-state index contributed by atoms with van der Waals surface area (Å²) in [4.78, 5) is 65.2. The number of ether oxygens (including phenoxy) is 5. The van der Waals surface area contributed by atoms with Crippen LogP contribution in [0.4, 0.5) is 4.79 Å². The van der Waals surface area contributed by atoms with Crippen LogP contribution >= 0.6 is 0 Å². The van der Waals surface area contributed by atoms with E-state index in [2.05, 4.69) is 11.9 Å². The fourth-order valence-electron chi connectivity index (χ4n) is 5.80. The van der Waals surface area contributed by atoms with Crippen molar-refractivity contribution in [3.63, 3.8) is 0 Å². The third-order valence-corrected chi connectivity index (χ3v) is 8.07. The van der Waals surface area contributed by atoms with Crippen LogP contribution in [0.1, 0.15) is 71.4 Å². The highest BCUT2D eigenvalue weighted by Gasteiger charge is 2.45. The molecule has 6 atom stereocenters. The molecular formula is C36H48N2O10. The van der Waals surface area contributed by atoms with E-state index in [4.69, 9.17) is 23.7 Å². The average molecular weight is 669 g/mol. The van der Waals surface area contributed by atoms with Crippen LogP contribution in [0.2, 0.25) is 0 Å². The van der Waals surface area contributed by atoms with Gasteiger partial charge in [-0.15, -0.1) is 0 Å². The molecule has 12 nitrogen and oxygen atoms in total. The molecular weight excluding hydrogens is 620 g/mol. The van der Waals surface area contributed by atoms with E-state index in [-0.39, 0.29) is 32.1 Å². The number of nitrogens with one attached hydrogen (secondary N) is 1. The van der Waals surface area contributed by atoms with Crippen LogP contribution in [-0.4, -0.2) is 91.6 Å². The quantitative estimate of drug-likeness (QED) is 0.264. The van der Waals surface area contributed by atoms with E-state index < -0.39 is 65.7 Å². The Kier molecular flexibility index (Phi) is 13.5. The molecule has 1 aliphatic heterocycles. The molecule has 48 heavy (non-hydrogen) atoms. The zero-order valence-corrected chi connectivity index (χ0v) is 28.9. The Hall–Kier alpha value is -4.45. The number of carbonyl (C=O) groups excluding carboxylic acids is 5. The van der Waals surface area contributed by atoms with Crippen LogP contribution in [0.3, 0.4) is 0 Å². The van der Waals surface area contributed by atoms with Gasteiger partial charge in [-0.1, -0.05) is 62.1 Å². The molecule has 1 unspecified atom stereocenters. The predicted octanol–water partition coefficient (Wildman–Crippen LogP) is 4.48. The Bertz CT molecular complexity index is 1410. The molecule has 1 aromatic rings. The van der Waals surface area contributed by atoms with Gasteiger partial charge in [-0.25, -0.2) is 9.59 Å². The number of hydrogen-bond donors (Lipinski definition) is 1. The normalized spacial score (nSPS) is 22.4.